The Morgan fingerprint density at radius 3 is 2.38 bits per heavy atom. The molecule has 0 aromatic carbocycles. The van der Waals surface area contributed by atoms with E-state index in [0.29, 0.717) is 36.3 Å². The van der Waals surface area contributed by atoms with E-state index in [1.807, 2.05) is 26.8 Å². The van der Waals surface area contributed by atoms with Gasteiger partial charge in [-0.05, 0) is 37.7 Å². The maximum atomic E-state index is 13.5. The quantitative estimate of drug-likeness (QED) is 0.122. The summed E-state index contributed by atoms with van der Waals surface area (Å²) in [5.74, 6) is -2.29. The summed E-state index contributed by atoms with van der Waals surface area (Å²) < 4.78 is 40.5. The third kappa shape index (κ3) is 15.0. The smallest absolute Gasteiger partial charge is 0.308 e. The van der Waals surface area contributed by atoms with Crippen molar-refractivity contribution in [3.05, 3.63) is 60.9 Å². The molecule has 0 saturated carbocycles. The van der Waals surface area contributed by atoms with Crippen LogP contribution in [0.25, 0.3) is 29.2 Å². The number of Topliss-reactive ketones (excluding diaryl/α,β-unsaturated/α-hetero) is 2. The number of hydrogen-bond acceptors (Lipinski definition) is 16. The fourth-order valence-electron chi connectivity index (χ4n) is 7.41. The van der Waals surface area contributed by atoms with Gasteiger partial charge in [0.1, 0.15) is 36.8 Å². The molecule has 1 N–H and O–H groups in total. The Bertz CT molecular complexity index is 2100. The Balaban J connectivity index is 1.51. The highest BCUT2D eigenvalue weighted by Crippen LogP contribution is 2.31. The zero-order valence-corrected chi connectivity index (χ0v) is 38.4. The predicted molar refractivity (Wildman–Crippen MR) is 234 cm³/mol. The van der Waals surface area contributed by atoms with E-state index in [4.69, 9.17) is 32.2 Å². The van der Waals surface area contributed by atoms with Gasteiger partial charge < -0.3 is 42.2 Å². The van der Waals surface area contributed by atoms with Gasteiger partial charge in [0.2, 0.25) is 23.6 Å². The first-order valence-corrected chi connectivity index (χ1v) is 21.7. The minimum Gasteiger partial charge on any atom is -0.462 e. The molecule has 3 aromatic rings. The van der Waals surface area contributed by atoms with Gasteiger partial charge >= 0.3 is 11.9 Å². The zero-order valence-electron chi connectivity index (χ0n) is 38.4. The average Bonchev–Trinajstić information content (AvgIpc) is 4.05. The van der Waals surface area contributed by atoms with Gasteiger partial charge in [-0.15, -0.1) is 0 Å². The first kappa shape index (κ1) is 51.1. The number of carbonyl (C=O) groups is 5. The number of carbonyl (C=O) groups excluding carboxylic acids is 5. The van der Waals surface area contributed by atoms with Crippen molar-refractivity contribution >= 4 is 35.5 Å². The number of fused-ring (bicyclic) bond motifs is 8. The van der Waals surface area contributed by atoms with Crippen LogP contribution in [0.3, 0.4) is 0 Å². The molecule has 17 heteroatoms. The zero-order chi connectivity index (χ0) is 47.1. The van der Waals surface area contributed by atoms with Crippen molar-refractivity contribution in [2.75, 3.05) is 21.3 Å². The van der Waals surface area contributed by atoms with Crippen molar-refractivity contribution in [3.63, 3.8) is 0 Å². The first-order chi connectivity index (χ1) is 30.4. The van der Waals surface area contributed by atoms with Crippen molar-refractivity contribution in [2.24, 2.45) is 17.8 Å². The average molecular weight is 893 g/mol. The lowest BCUT2D eigenvalue weighted by Gasteiger charge is -2.33. The van der Waals surface area contributed by atoms with Gasteiger partial charge in [0, 0.05) is 90.3 Å². The number of oxazole rings is 3. The monoisotopic (exact) mass is 892 g/mol. The molecule has 17 nitrogen and oxygen atoms in total. The second-order valence-corrected chi connectivity index (χ2v) is 16.7. The summed E-state index contributed by atoms with van der Waals surface area (Å²) in [5, 5.41) is 10.9. The summed E-state index contributed by atoms with van der Waals surface area (Å²) in [4.78, 5) is 78.5. The van der Waals surface area contributed by atoms with Crippen LogP contribution in [-0.4, -0.2) is 106 Å². The molecule has 9 atom stereocenters. The molecule has 64 heavy (non-hydrogen) atoms. The maximum Gasteiger partial charge on any atom is 0.308 e. The Morgan fingerprint density at radius 1 is 1.00 bits per heavy atom. The number of ketones is 2. The molecule has 3 aromatic heterocycles. The number of cyclic esters (lactones) is 1. The lowest BCUT2D eigenvalue weighted by atomic mass is 9.86. The molecule has 0 radical (unpaired) electrons. The van der Waals surface area contributed by atoms with E-state index >= 15 is 0 Å². The van der Waals surface area contributed by atoms with Crippen LogP contribution < -0.4 is 0 Å². The third-order valence-electron chi connectivity index (χ3n) is 11.6. The molecule has 1 aliphatic rings. The summed E-state index contributed by atoms with van der Waals surface area (Å²) in [7, 11) is 4.71. The number of aromatic nitrogens is 3. The molecule has 0 saturated heterocycles. The van der Waals surface area contributed by atoms with E-state index in [9.17, 15) is 29.1 Å². The number of esters is 2. The molecule has 4 rings (SSSR count). The Morgan fingerprint density at radius 2 is 1.69 bits per heavy atom. The summed E-state index contributed by atoms with van der Waals surface area (Å²) in [6.45, 7) is 14.1. The van der Waals surface area contributed by atoms with Crippen molar-refractivity contribution < 1.29 is 61.3 Å². The first-order valence-electron chi connectivity index (χ1n) is 21.7. The fourth-order valence-corrected chi connectivity index (χ4v) is 7.41. The molecule has 1 amide bonds. The summed E-state index contributed by atoms with van der Waals surface area (Å²) in [6.07, 6.45) is 9.16. The molecule has 1 aliphatic heterocycles. The largest absolute Gasteiger partial charge is 0.462 e. The van der Waals surface area contributed by atoms with Crippen LogP contribution in [0.1, 0.15) is 117 Å². The molecule has 9 unspecified atom stereocenters. The lowest BCUT2D eigenvalue weighted by Crippen LogP contribution is -2.39. The molecule has 4 heterocycles. The topological polar surface area (TPSA) is 224 Å². The Hall–Kier alpha value is -5.52. The van der Waals surface area contributed by atoms with Crippen LogP contribution in [0.5, 0.6) is 0 Å². The highest BCUT2D eigenvalue weighted by Gasteiger charge is 2.34. The van der Waals surface area contributed by atoms with Gasteiger partial charge in [0.25, 0.3) is 0 Å². The van der Waals surface area contributed by atoms with Gasteiger partial charge in [-0.3, -0.25) is 24.0 Å². The normalized spacial score (nSPS) is 22.9. The second-order valence-electron chi connectivity index (χ2n) is 16.7. The van der Waals surface area contributed by atoms with Crippen molar-refractivity contribution in [2.45, 2.75) is 136 Å². The van der Waals surface area contributed by atoms with E-state index < -0.39 is 54.3 Å². The molecule has 0 spiro atoms. The number of aliphatic hydroxyl groups is 1. The highest BCUT2D eigenvalue weighted by atomic mass is 16.6. The molecule has 0 fully saturated rings. The summed E-state index contributed by atoms with van der Waals surface area (Å²) in [5.41, 5.74) is 1.41. The predicted octanol–water partition coefficient (Wildman–Crippen LogP) is 7.45. The van der Waals surface area contributed by atoms with Crippen molar-refractivity contribution in [1.29, 1.82) is 0 Å². The number of rotatable bonds is 14. The number of ether oxygens (including phenoxy) is 4. The van der Waals surface area contributed by atoms with E-state index in [0.717, 1.165) is 0 Å². The van der Waals surface area contributed by atoms with Crippen LogP contribution in [-0.2, 0) is 42.9 Å². The van der Waals surface area contributed by atoms with Crippen LogP contribution in [0.15, 0.2) is 62.5 Å². The second kappa shape index (κ2) is 24.5. The van der Waals surface area contributed by atoms with Gasteiger partial charge in [-0.1, -0.05) is 46.4 Å². The van der Waals surface area contributed by atoms with Crippen LogP contribution in [0.2, 0.25) is 0 Å². The molecular weight excluding hydrogens is 829 g/mol. The minimum atomic E-state index is -1.04. The van der Waals surface area contributed by atoms with Crippen molar-refractivity contribution in [1.82, 2.24) is 19.9 Å². The van der Waals surface area contributed by atoms with Crippen molar-refractivity contribution in [3.8, 4) is 23.2 Å². The standard InChI is InChI=1S/C47H64N4O13/c1-27(17-18-39(56)30(4)45(63-33(7)53)28(2)19-20-51(8)32(6)52)41(59-10)23-42-31(5)40(58-9)15-12-16-43-48-37(25-60-43)46-50-38(26-62-46)47-49-36(24-61-47)29(3)21-34(54)13-11-14-35(55)22-44(57)64-42/h12,16,19-20,24-29,31,35,40-42,45,55H,4,11,13-15,17-18,21-23H2,1-3,5-10H3/b16-12+,20-19+. The van der Waals surface area contributed by atoms with E-state index in [-0.39, 0.29) is 91.1 Å². The van der Waals surface area contributed by atoms with Gasteiger partial charge in [-0.25, -0.2) is 15.0 Å². The fraction of sp³-hybridized carbons (Fsp3) is 0.574. The SMILES string of the molecule is C=C(C(=O)CCC(C)C(CC1OC(=O)CC(O)CCCC(=O)CC(C)c2coc(n2)-c2coc(n2)-c2coc(n2)/C=C/CC(OC)C1C)OC)C(OC(C)=O)C(C)/C=C/N(C)C(C)=O. The van der Waals surface area contributed by atoms with Crippen LogP contribution >= 0.6 is 0 Å². The van der Waals surface area contributed by atoms with Crippen LogP contribution in [0, 0.1) is 17.8 Å². The van der Waals surface area contributed by atoms with E-state index in [1.165, 1.54) is 37.5 Å². The molecule has 6 bridgehead atoms. The van der Waals surface area contributed by atoms with Gasteiger partial charge in [0.05, 0.1) is 30.4 Å². The molecule has 0 aliphatic carbocycles. The Labute approximate surface area is 374 Å². The van der Waals surface area contributed by atoms with Gasteiger partial charge in [0.15, 0.2) is 17.2 Å². The van der Waals surface area contributed by atoms with Gasteiger partial charge in [-0.2, -0.15) is 0 Å². The molecule has 350 valence electrons. The maximum absolute atomic E-state index is 13.5. The van der Waals surface area contributed by atoms with Crippen LogP contribution in [0.4, 0.5) is 0 Å². The lowest BCUT2D eigenvalue weighted by molar-refractivity contribution is -0.160. The third-order valence-corrected chi connectivity index (χ3v) is 11.6. The molecular formula is C47H64N4O13. The number of hydrogen-bond donors (Lipinski definition) is 1. The van der Waals surface area contributed by atoms with E-state index in [2.05, 4.69) is 21.5 Å². The summed E-state index contributed by atoms with van der Waals surface area (Å²) >= 11 is 0. The number of aliphatic hydroxyl groups excluding tert-OH is 1. The number of methoxy groups -OCH3 is 2. The summed E-state index contributed by atoms with van der Waals surface area (Å²) in [6, 6.07) is 0. The minimum absolute atomic E-state index is 0.0214. The Kier molecular flexibility index (Phi) is 19.6. The van der Waals surface area contributed by atoms with E-state index in [1.54, 1.807) is 46.5 Å². The number of amides is 1. The highest BCUT2D eigenvalue weighted by molar-refractivity contribution is 5.96. The number of nitrogens with zero attached hydrogens (tertiary/aromatic N) is 4.